The summed E-state index contributed by atoms with van der Waals surface area (Å²) in [6.07, 6.45) is 0.989. The standard InChI is InChI=1S/C13H22N2O3/c1-5-7-15(9-13(16)17-6-2)8-12-10(3)14-18-11(12)4/h5-9H2,1-4H3. The van der Waals surface area contributed by atoms with Gasteiger partial charge in [-0.05, 0) is 33.7 Å². The molecule has 0 radical (unpaired) electrons. The lowest BCUT2D eigenvalue weighted by atomic mass is 10.2. The van der Waals surface area contributed by atoms with Crippen molar-refractivity contribution < 1.29 is 14.1 Å². The van der Waals surface area contributed by atoms with Gasteiger partial charge in [0.25, 0.3) is 0 Å². The molecule has 0 N–H and O–H groups in total. The van der Waals surface area contributed by atoms with E-state index in [1.54, 1.807) is 0 Å². The molecule has 0 amide bonds. The molecule has 0 fully saturated rings. The molecule has 0 atom stereocenters. The summed E-state index contributed by atoms with van der Waals surface area (Å²) in [7, 11) is 0. The van der Waals surface area contributed by atoms with Crippen molar-refractivity contribution in [1.29, 1.82) is 0 Å². The summed E-state index contributed by atoms with van der Waals surface area (Å²) in [6, 6.07) is 0. The summed E-state index contributed by atoms with van der Waals surface area (Å²) in [5.41, 5.74) is 1.95. The highest BCUT2D eigenvalue weighted by atomic mass is 16.5. The first-order valence-corrected chi connectivity index (χ1v) is 6.38. The van der Waals surface area contributed by atoms with Crippen molar-refractivity contribution in [2.24, 2.45) is 0 Å². The highest BCUT2D eigenvalue weighted by Crippen LogP contribution is 2.15. The Morgan fingerprint density at radius 3 is 2.61 bits per heavy atom. The van der Waals surface area contributed by atoms with E-state index >= 15 is 0 Å². The van der Waals surface area contributed by atoms with E-state index in [4.69, 9.17) is 9.26 Å². The highest BCUT2D eigenvalue weighted by molar-refractivity contribution is 5.71. The molecule has 0 saturated carbocycles. The molecular weight excluding hydrogens is 232 g/mol. The quantitative estimate of drug-likeness (QED) is 0.697. The number of aromatic nitrogens is 1. The van der Waals surface area contributed by atoms with Crippen LogP contribution in [0.5, 0.6) is 0 Å². The van der Waals surface area contributed by atoms with Crippen molar-refractivity contribution in [3.8, 4) is 0 Å². The monoisotopic (exact) mass is 254 g/mol. The number of hydrogen-bond donors (Lipinski definition) is 0. The Morgan fingerprint density at radius 2 is 2.11 bits per heavy atom. The number of rotatable bonds is 7. The molecule has 5 nitrogen and oxygen atoms in total. The SMILES string of the molecule is CCCN(CC(=O)OCC)Cc1c(C)noc1C. The van der Waals surface area contributed by atoms with Gasteiger partial charge in [-0.15, -0.1) is 0 Å². The van der Waals surface area contributed by atoms with E-state index in [2.05, 4.69) is 17.0 Å². The van der Waals surface area contributed by atoms with Crippen LogP contribution >= 0.6 is 0 Å². The zero-order valence-electron chi connectivity index (χ0n) is 11.7. The third-order valence-corrected chi connectivity index (χ3v) is 2.76. The maximum atomic E-state index is 11.5. The maximum Gasteiger partial charge on any atom is 0.320 e. The fraction of sp³-hybridized carbons (Fsp3) is 0.692. The zero-order chi connectivity index (χ0) is 13.5. The van der Waals surface area contributed by atoms with Crippen LogP contribution in [0.15, 0.2) is 4.52 Å². The molecule has 0 aliphatic heterocycles. The van der Waals surface area contributed by atoms with Gasteiger partial charge in [-0.1, -0.05) is 12.1 Å². The summed E-state index contributed by atoms with van der Waals surface area (Å²) < 4.78 is 10.1. The van der Waals surface area contributed by atoms with Gasteiger partial charge in [0.1, 0.15) is 5.76 Å². The van der Waals surface area contributed by atoms with Crippen LogP contribution < -0.4 is 0 Å². The molecule has 5 heteroatoms. The molecule has 0 saturated heterocycles. The lowest BCUT2D eigenvalue weighted by Crippen LogP contribution is -2.31. The van der Waals surface area contributed by atoms with Gasteiger partial charge < -0.3 is 9.26 Å². The molecule has 0 spiro atoms. The number of hydrogen-bond acceptors (Lipinski definition) is 5. The van der Waals surface area contributed by atoms with Crippen LogP contribution in [0.4, 0.5) is 0 Å². The lowest BCUT2D eigenvalue weighted by molar-refractivity contribution is -0.144. The molecule has 1 heterocycles. The molecule has 18 heavy (non-hydrogen) atoms. The second-order valence-corrected chi connectivity index (χ2v) is 4.32. The van der Waals surface area contributed by atoms with Gasteiger partial charge in [-0.25, -0.2) is 0 Å². The van der Waals surface area contributed by atoms with Crippen molar-refractivity contribution in [3.05, 3.63) is 17.0 Å². The minimum absolute atomic E-state index is 0.183. The number of carbonyl (C=O) groups is 1. The van der Waals surface area contributed by atoms with Crippen molar-refractivity contribution in [2.75, 3.05) is 19.7 Å². The van der Waals surface area contributed by atoms with Crippen molar-refractivity contribution in [1.82, 2.24) is 10.1 Å². The first-order valence-electron chi connectivity index (χ1n) is 6.38. The molecule has 0 aliphatic carbocycles. The Bertz CT molecular complexity index is 368. The zero-order valence-corrected chi connectivity index (χ0v) is 11.7. The van der Waals surface area contributed by atoms with Gasteiger partial charge in [-0.2, -0.15) is 0 Å². The minimum atomic E-state index is -0.183. The fourth-order valence-electron chi connectivity index (χ4n) is 1.87. The summed E-state index contributed by atoms with van der Waals surface area (Å²) >= 11 is 0. The molecule has 1 rings (SSSR count). The van der Waals surface area contributed by atoms with Crippen LogP contribution in [0, 0.1) is 13.8 Å². The Morgan fingerprint density at radius 1 is 1.39 bits per heavy atom. The second kappa shape index (κ2) is 7.16. The molecule has 0 aromatic carbocycles. The summed E-state index contributed by atoms with van der Waals surface area (Å²) in [4.78, 5) is 13.6. The van der Waals surface area contributed by atoms with Crippen LogP contribution in [0.2, 0.25) is 0 Å². The van der Waals surface area contributed by atoms with Crippen molar-refractivity contribution in [2.45, 2.75) is 40.7 Å². The predicted molar refractivity (Wildman–Crippen MR) is 68.2 cm³/mol. The van der Waals surface area contributed by atoms with E-state index in [-0.39, 0.29) is 5.97 Å². The van der Waals surface area contributed by atoms with Gasteiger partial charge >= 0.3 is 5.97 Å². The third-order valence-electron chi connectivity index (χ3n) is 2.76. The van der Waals surface area contributed by atoms with Crippen LogP contribution in [0.3, 0.4) is 0 Å². The molecule has 1 aromatic heterocycles. The first kappa shape index (κ1) is 14.7. The molecule has 0 aliphatic rings. The Hall–Kier alpha value is -1.36. The normalized spacial score (nSPS) is 10.9. The lowest BCUT2D eigenvalue weighted by Gasteiger charge is -2.20. The summed E-state index contributed by atoms with van der Waals surface area (Å²) in [5.74, 6) is 0.634. The average molecular weight is 254 g/mol. The van der Waals surface area contributed by atoms with Gasteiger partial charge in [0.05, 0.1) is 18.8 Å². The molecular formula is C13H22N2O3. The largest absolute Gasteiger partial charge is 0.465 e. The third kappa shape index (κ3) is 4.14. The second-order valence-electron chi connectivity index (χ2n) is 4.32. The van der Waals surface area contributed by atoms with Crippen LogP contribution in [-0.4, -0.2) is 35.7 Å². The summed E-state index contributed by atoms with van der Waals surface area (Å²) in [5, 5.41) is 3.93. The molecule has 1 aromatic rings. The summed E-state index contributed by atoms with van der Waals surface area (Å²) in [6.45, 7) is 9.97. The smallest absolute Gasteiger partial charge is 0.320 e. The van der Waals surface area contributed by atoms with E-state index in [1.807, 2.05) is 20.8 Å². The fourth-order valence-corrected chi connectivity index (χ4v) is 1.87. The van der Waals surface area contributed by atoms with E-state index in [1.165, 1.54) is 0 Å². The Labute approximate surface area is 108 Å². The van der Waals surface area contributed by atoms with E-state index < -0.39 is 0 Å². The van der Waals surface area contributed by atoms with Gasteiger partial charge in [0, 0.05) is 12.1 Å². The number of carbonyl (C=O) groups excluding carboxylic acids is 1. The van der Waals surface area contributed by atoms with Crippen molar-refractivity contribution in [3.63, 3.8) is 0 Å². The molecule has 102 valence electrons. The molecule has 0 bridgehead atoms. The van der Waals surface area contributed by atoms with E-state index in [0.717, 1.165) is 30.0 Å². The average Bonchev–Trinajstić information content (AvgIpc) is 2.61. The van der Waals surface area contributed by atoms with Crippen LogP contribution in [0.1, 0.15) is 37.3 Å². The van der Waals surface area contributed by atoms with E-state index in [0.29, 0.717) is 19.7 Å². The first-order chi connectivity index (χ1) is 8.58. The molecule has 0 unspecified atom stereocenters. The van der Waals surface area contributed by atoms with Gasteiger partial charge in [0.15, 0.2) is 0 Å². The number of ether oxygens (including phenoxy) is 1. The van der Waals surface area contributed by atoms with Crippen molar-refractivity contribution >= 4 is 5.97 Å². The highest BCUT2D eigenvalue weighted by Gasteiger charge is 2.16. The predicted octanol–water partition coefficient (Wildman–Crippen LogP) is 2.07. The number of aryl methyl sites for hydroxylation is 2. The topological polar surface area (TPSA) is 55.6 Å². The minimum Gasteiger partial charge on any atom is -0.465 e. The van der Waals surface area contributed by atoms with Gasteiger partial charge in [0.2, 0.25) is 0 Å². The number of nitrogens with zero attached hydrogens (tertiary/aromatic N) is 2. The van der Waals surface area contributed by atoms with E-state index in [9.17, 15) is 4.79 Å². The van der Waals surface area contributed by atoms with Crippen LogP contribution in [-0.2, 0) is 16.1 Å². The Kier molecular flexibility index (Phi) is 5.85. The Balaban J connectivity index is 2.65. The van der Waals surface area contributed by atoms with Gasteiger partial charge in [-0.3, -0.25) is 9.69 Å². The van der Waals surface area contributed by atoms with Crippen LogP contribution in [0.25, 0.3) is 0 Å². The maximum absolute atomic E-state index is 11.5. The number of esters is 1.